The number of fused-ring (bicyclic) bond motifs is 1. The molecule has 0 radical (unpaired) electrons. The van der Waals surface area contributed by atoms with Crippen LogP contribution in [0.25, 0.3) is 29.1 Å². The highest BCUT2D eigenvalue weighted by Gasteiger charge is 2.38. The summed E-state index contributed by atoms with van der Waals surface area (Å²) in [6.45, 7) is 7.17. The van der Waals surface area contributed by atoms with E-state index in [1.54, 1.807) is 0 Å². The molecule has 0 aliphatic carbocycles. The van der Waals surface area contributed by atoms with Gasteiger partial charge in [0.05, 0.1) is 29.5 Å². The number of carbonyl (C=O) groups excluding carboxylic acids is 1. The minimum absolute atomic E-state index is 0.00253. The van der Waals surface area contributed by atoms with E-state index >= 15 is 0 Å². The number of aromatic amines is 1. The van der Waals surface area contributed by atoms with Crippen LogP contribution in [-0.2, 0) is 20.9 Å². The van der Waals surface area contributed by atoms with E-state index in [2.05, 4.69) is 88.9 Å². The molecule has 8 nitrogen and oxygen atoms in total. The summed E-state index contributed by atoms with van der Waals surface area (Å²) in [5.41, 5.74) is 7.21. The highest BCUT2D eigenvalue weighted by atomic mass is 19.4. The Morgan fingerprint density at radius 3 is 2.30 bits per heavy atom. The van der Waals surface area contributed by atoms with Gasteiger partial charge in [0.2, 0.25) is 5.91 Å². The van der Waals surface area contributed by atoms with Crippen LogP contribution in [0.4, 0.5) is 13.2 Å². The van der Waals surface area contributed by atoms with E-state index in [4.69, 9.17) is 14.6 Å². The smallest absolute Gasteiger partial charge is 0.475 e. The Balaban J connectivity index is 0.000000537. The highest BCUT2D eigenvalue weighted by Crippen LogP contribution is 2.30. The molecule has 2 fully saturated rings. The molecule has 0 bridgehead atoms. The van der Waals surface area contributed by atoms with Crippen molar-refractivity contribution < 1.29 is 32.6 Å². The van der Waals surface area contributed by atoms with E-state index in [0.29, 0.717) is 6.42 Å². The number of hydrogen-bond donors (Lipinski definition) is 3. The molecule has 0 saturated carbocycles. The molecule has 3 heterocycles. The molecule has 2 aliphatic heterocycles. The number of aliphatic carboxylic acids is 1. The Morgan fingerprint density at radius 1 is 1.00 bits per heavy atom. The number of aromatic nitrogens is 2. The van der Waals surface area contributed by atoms with Crippen molar-refractivity contribution in [2.75, 3.05) is 13.1 Å². The first-order valence-electron chi connectivity index (χ1n) is 14.9. The van der Waals surface area contributed by atoms with E-state index in [1.165, 1.54) is 5.56 Å². The van der Waals surface area contributed by atoms with Gasteiger partial charge in [-0.05, 0) is 60.4 Å². The first-order valence-corrected chi connectivity index (χ1v) is 14.9. The van der Waals surface area contributed by atoms with Crippen LogP contribution in [0.15, 0.2) is 78.4 Å². The lowest BCUT2D eigenvalue weighted by atomic mass is 10.0. The summed E-state index contributed by atoms with van der Waals surface area (Å²) in [4.78, 5) is 23.9. The number of H-pyrrole nitrogens is 1. The maximum Gasteiger partial charge on any atom is 0.490 e. The van der Waals surface area contributed by atoms with E-state index < -0.39 is 12.1 Å². The van der Waals surface area contributed by atoms with Crippen LogP contribution in [0.2, 0.25) is 0 Å². The molecule has 4 aromatic rings. The van der Waals surface area contributed by atoms with Gasteiger partial charge in [-0.3, -0.25) is 14.8 Å². The van der Waals surface area contributed by atoms with Gasteiger partial charge in [0.25, 0.3) is 0 Å². The Bertz CT molecular complexity index is 1720. The van der Waals surface area contributed by atoms with Crippen LogP contribution >= 0.6 is 0 Å². The Labute approximate surface area is 264 Å². The van der Waals surface area contributed by atoms with Gasteiger partial charge in [-0.15, -0.1) is 0 Å². The highest BCUT2D eigenvalue weighted by molar-refractivity contribution is 6.01. The summed E-state index contributed by atoms with van der Waals surface area (Å²) < 4.78 is 37.6. The number of hydrogen-bond acceptors (Lipinski definition) is 5. The number of carboxylic acids is 1. The van der Waals surface area contributed by atoms with Gasteiger partial charge in [-0.1, -0.05) is 66.7 Å². The van der Waals surface area contributed by atoms with Crippen LogP contribution in [0.1, 0.15) is 54.3 Å². The van der Waals surface area contributed by atoms with Gasteiger partial charge in [0, 0.05) is 37.0 Å². The zero-order chi connectivity index (χ0) is 32.8. The van der Waals surface area contributed by atoms with Crippen LogP contribution in [0, 0.1) is 0 Å². The number of carbonyl (C=O) groups is 2. The van der Waals surface area contributed by atoms with Crippen molar-refractivity contribution in [2.24, 2.45) is 0 Å². The number of benzene rings is 3. The normalized spacial score (nSPS) is 21.4. The molecule has 11 heteroatoms. The second kappa shape index (κ2) is 14.1. The fraction of sp³-hybridized carbons (Fsp3) is 0.286. The van der Waals surface area contributed by atoms with Crippen LogP contribution in [0.5, 0.6) is 0 Å². The van der Waals surface area contributed by atoms with Crippen molar-refractivity contribution >= 4 is 41.0 Å². The van der Waals surface area contributed by atoms with Crippen molar-refractivity contribution in [3.05, 3.63) is 106 Å². The number of carboxylic acid groups (broad SMARTS) is 1. The SMILES string of the molecule is C[C@@H]1CN(Cc2ccc(/C=C/c3n[nH]c4cc(/C=C5\CC(c6ccccc6)NC5=O)ccc34)cc2)C[C@H](C)O1.O=C(O)C(F)(F)F. The third kappa shape index (κ3) is 8.49. The first kappa shape index (κ1) is 32.6. The predicted octanol–water partition coefficient (Wildman–Crippen LogP) is 6.62. The molecule has 1 aromatic heterocycles. The maximum absolute atomic E-state index is 12.6. The lowest BCUT2D eigenvalue weighted by Gasteiger charge is -2.35. The summed E-state index contributed by atoms with van der Waals surface area (Å²) in [6, 6.07) is 25.0. The molecular formula is C35H35F3N4O4. The third-order valence-corrected chi connectivity index (χ3v) is 7.74. The molecule has 3 N–H and O–H groups in total. The van der Waals surface area contributed by atoms with Gasteiger partial charge in [-0.25, -0.2) is 4.79 Å². The molecule has 6 rings (SSSR count). The number of nitrogens with one attached hydrogen (secondary N) is 2. The van der Waals surface area contributed by atoms with E-state index in [0.717, 1.165) is 58.5 Å². The Kier molecular flexibility index (Phi) is 10.0. The number of halogens is 3. The second-order valence-electron chi connectivity index (χ2n) is 11.6. The quantitative estimate of drug-likeness (QED) is 0.206. The monoisotopic (exact) mass is 632 g/mol. The van der Waals surface area contributed by atoms with Crippen LogP contribution < -0.4 is 5.32 Å². The molecular weight excluding hydrogens is 597 g/mol. The average Bonchev–Trinajstić information content (AvgIpc) is 3.59. The van der Waals surface area contributed by atoms with Crippen molar-refractivity contribution in [1.82, 2.24) is 20.4 Å². The third-order valence-electron chi connectivity index (χ3n) is 7.74. The summed E-state index contributed by atoms with van der Waals surface area (Å²) in [7, 11) is 0. The zero-order valence-electron chi connectivity index (χ0n) is 25.4. The number of amides is 1. The van der Waals surface area contributed by atoms with E-state index in [9.17, 15) is 18.0 Å². The molecule has 2 saturated heterocycles. The van der Waals surface area contributed by atoms with Gasteiger partial charge < -0.3 is 15.2 Å². The van der Waals surface area contributed by atoms with Gasteiger partial charge in [-0.2, -0.15) is 18.3 Å². The molecule has 3 aromatic carbocycles. The molecule has 240 valence electrons. The number of ether oxygens (including phenoxy) is 1. The molecule has 46 heavy (non-hydrogen) atoms. The van der Waals surface area contributed by atoms with Gasteiger partial charge in [0.15, 0.2) is 0 Å². The molecule has 2 aliphatic rings. The summed E-state index contributed by atoms with van der Waals surface area (Å²) >= 11 is 0. The summed E-state index contributed by atoms with van der Waals surface area (Å²) in [6.07, 6.45) is 2.28. The Hall–Kier alpha value is -4.74. The fourth-order valence-corrected chi connectivity index (χ4v) is 5.68. The lowest BCUT2D eigenvalue weighted by Crippen LogP contribution is -2.44. The van der Waals surface area contributed by atoms with E-state index in [-0.39, 0.29) is 24.2 Å². The molecule has 1 amide bonds. The minimum atomic E-state index is -5.08. The first-order chi connectivity index (χ1) is 21.9. The van der Waals surface area contributed by atoms with E-state index in [1.807, 2.05) is 36.4 Å². The summed E-state index contributed by atoms with van der Waals surface area (Å²) in [5.74, 6) is -2.76. The van der Waals surface area contributed by atoms with Gasteiger partial charge >= 0.3 is 12.1 Å². The molecule has 3 atom stereocenters. The fourth-order valence-electron chi connectivity index (χ4n) is 5.68. The summed E-state index contributed by atoms with van der Waals surface area (Å²) in [5, 5.41) is 19.0. The van der Waals surface area contributed by atoms with Crippen molar-refractivity contribution in [3.8, 4) is 0 Å². The number of alkyl halides is 3. The number of nitrogens with zero attached hydrogens (tertiary/aromatic N) is 2. The Morgan fingerprint density at radius 2 is 1.65 bits per heavy atom. The second-order valence-corrected chi connectivity index (χ2v) is 11.6. The number of morpholine rings is 1. The number of rotatable bonds is 6. The van der Waals surface area contributed by atoms with Gasteiger partial charge in [0.1, 0.15) is 0 Å². The standard InChI is InChI=1S/C33H34N4O2.C2HF3O2/c1-22-19-37(20-23(2)39-22)21-25-10-8-24(9-11-25)13-15-30-29-14-12-26(17-32(29)36-35-30)16-28-18-31(34-33(28)38)27-6-4-3-5-7-27;3-2(4,5)1(6)7/h3-17,22-23,31H,18-21H2,1-2H3,(H,34,38)(H,35,36);(H,6,7)/b15-13+,28-16+;/t22-,23+,31?;. The lowest BCUT2D eigenvalue weighted by molar-refractivity contribution is -0.192. The van der Waals surface area contributed by atoms with Crippen molar-refractivity contribution in [3.63, 3.8) is 0 Å². The van der Waals surface area contributed by atoms with Crippen LogP contribution in [-0.4, -0.2) is 63.6 Å². The molecule has 0 spiro atoms. The predicted molar refractivity (Wildman–Crippen MR) is 170 cm³/mol. The molecule has 1 unspecified atom stereocenters. The van der Waals surface area contributed by atoms with Crippen molar-refractivity contribution in [2.45, 2.75) is 51.2 Å². The maximum atomic E-state index is 12.6. The van der Waals surface area contributed by atoms with Crippen LogP contribution in [0.3, 0.4) is 0 Å². The zero-order valence-corrected chi connectivity index (χ0v) is 25.4. The topological polar surface area (TPSA) is 108 Å². The average molecular weight is 633 g/mol. The largest absolute Gasteiger partial charge is 0.490 e. The minimum Gasteiger partial charge on any atom is -0.475 e. The van der Waals surface area contributed by atoms with Crippen molar-refractivity contribution in [1.29, 1.82) is 0 Å².